The van der Waals surface area contributed by atoms with Crippen LogP contribution in [-0.2, 0) is 0 Å². The largest absolute Gasteiger partial charge is 0.339 e. The van der Waals surface area contributed by atoms with Crippen LogP contribution >= 0.6 is 0 Å². The predicted octanol–water partition coefficient (Wildman–Crippen LogP) is 4.49. The third-order valence-corrected chi connectivity index (χ3v) is 3.31. The van der Waals surface area contributed by atoms with Gasteiger partial charge in [-0.25, -0.2) is 9.37 Å². The summed E-state index contributed by atoms with van der Waals surface area (Å²) in [6.07, 6.45) is 1.90. The summed E-state index contributed by atoms with van der Waals surface area (Å²) in [5, 5.41) is 1.09. The van der Waals surface area contributed by atoms with E-state index in [1.165, 1.54) is 17.7 Å². The van der Waals surface area contributed by atoms with E-state index in [1.807, 2.05) is 6.20 Å². The second-order valence-corrected chi connectivity index (χ2v) is 5.05. The molecule has 19 heavy (non-hydrogen) atoms. The molecule has 2 heterocycles. The van der Waals surface area contributed by atoms with E-state index >= 15 is 0 Å². The van der Waals surface area contributed by atoms with Gasteiger partial charge in [0.2, 0.25) is 0 Å². The van der Waals surface area contributed by atoms with Gasteiger partial charge < -0.3 is 4.98 Å². The topological polar surface area (TPSA) is 28.7 Å². The Labute approximate surface area is 111 Å². The van der Waals surface area contributed by atoms with Gasteiger partial charge in [-0.05, 0) is 53.4 Å². The molecule has 1 N–H and O–H groups in total. The highest BCUT2D eigenvalue weighted by atomic mass is 19.1. The molecule has 3 heteroatoms. The minimum atomic E-state index is -0.222. The number of hydrogen-bond acceptors (Lipinski definition) is 1. The SMILES string of the molecule is CC(C)c1cnc2[nH]c(-c3ccc(F)cc3)cc2c1. The van der Waals surface area contributed by atoms with Crippen LogP contribution in [0.5, 0.6) is 0 Å². The monoisotopic (exact) mass is 254 g/mol. The van der Waals surface area contributed by atoms with Crippen LogP contribution in [0.4, 0.5) is 4.39 Å². The standard InChI is InChI=1S/C16H15FN2/c1-10(2)13-7-12-8-15(19-16(12)18-9-13)11-3-5-14(17)6-4-11/h3-10H,1-2H3,(H,18,19). The van der Waals surface area contributed by atoms with E-state index in [-0.39, 0.29) is 5.82 Å². The molecular formula is C16H15FN2. The summed E-state index contributed by atoms with van der Waals surface area (Å²) in [6, 6.07) is 10.7. The van der Waals surface area contributed by atoms with E-state index < -0.39 is 0 Å². The van der Waals surface area contributed by atoms with E-state index in [0.29, 0.717) is 5.92 Å². The number of pyridine rings is 1. The smallest absolute Gasteiger partial charge is 0.137 e. The van der Waals surface area contributed by atoms with Gasteiger partial charge in [-0.2, -0.15) is 0 Å². The molecule has 0 atom stereocenters. The lowest BCUT2D eigenvalue weighted by Crippen LogP contribution is -1.88. The molecule has 0 radical (unpaired) electrons. The molecule has 0 bridgehead atoms. The Balaban J connectivity index is 2.08. The average Bonchev–Trinajstić information content (AvgIpc) is 2.82. The number of nitrogens with zero attached hydrogens (tertiary/aromatic N) is 1. The maximum Gasteiger partial charge on any atom is 0.137 e. The number of halogens is 1. The van der Waals surface area contributed by atoms with Gasteiger partial charge in [-0.15, -0.1) is 0 Å². The summed E-state index contributed by atoms with van der Waals surface area (Å²) in [5.74, 6) is 0.237. The molecular weight excluding hydrogens is 239 g/mol. The van der Waals surface area contributed by atoms with E-state index in [0.717, 1.165) is 22.3 Å². The zero-order chi connectivity index (χ0) is 13.4. The molecule has 96 valence electrons. The lowest BCUT2D eigenvalue weighted by atomic mass is 10.0. The predicted molar refractivity (Wildman–Crippen MR) is 75.6 cm³/mol. The Kier molecular flexibility index (Phi) is 2.82. The minimum Gasteiger partial charge on any atom is -0.339 e. The summed E-state index contributed by atoms with van der Waals surface area (Å²) < 4.78 is 12.9. The van der Waals surface area contributed by atoms with Gasteiger partial charge in [-0.3, -0.25) is 0 Å². The molecule has 0 aliphatic rings. The normalized spacial score (nSPS) is 11.4. The first kappa shape index (κ1) is 11.9. The number of hydrogen-bond donors (Lipinski definition) is 1. The van der Waals surface area contributed by atoms with Crippen molar-refractivity contribution < 1.29 is 4.39 Å². The Bertz CT molecular complexity index is 711. The van der Waals surface area contributed by atoms with Gasteiger partial charge in [0, 0.05) is 17.3 Å². The first-order valence-electron chi connectivity index (χ1n) is 6.38. The highest BCUT2D eigenvalue weighted by Crippen LogP contribution is 2.25. The molecule has 0 spiro atoms. The minimum absolute atomic E-state index is 0.222. The van der Waals surface area contributed by atoms with Crippen LogP contribution in [0.3, 0.4) is 0 Å². The molecule has 0 fully saturated rings. The maximum atomic E-state index is 12.9. The Morgan fingerprint density at radius 3 is 2.53 bits per heavy atom. The zero-order valence-electron chi connectivity index (χ0n) is 10.9. The lowest BCUT2D eigenvalue weighted by Gasteiger charge is -2.03. The summed E-state index contributed by atoms with van der Waals surface area (Å²) in [6.45, 7) is 4.30. The Morgan fingerprint density at radius 1 is 1.11 bits per heavy atom. The van der Waals surface area contributed by atoms with E-state index in [1.54, 1.807) is 12.1 Å². The van der Waals surface area contributed by atoms with Crippen LogP contribution in [0, 0.1) is 5.82 Å². The number of nitrogens with one attached hydrogen (secondary N) is 1. The van der Waals surface area contributed by atoms with Crippen molar-refractivity contribution in [2.45, 2.75) is 19.8 Å². The van der Waals surface area contributed by atoms with Crippen molar-refractivity contribution in [2.75, 3.05) is 0 Å². The molecule has 2 aromatic heterocycles. The molecule has 0 aliphatic heterocycles. The fourth-order valence-electron chi connectivity index (χ4n) is 2.13. The van der Waals surface area contributed by atoms with Crippen LogP contribution in [0.25, 0.3) is 22.3 Å². The average molecular weight is 254 g/mol. The summed E-state index contributed by atoms with van der Waals surface area (Å²) in [4.78, 5) is 7.70. The van der Waals surface area contributed by atoms with Crippen molar-refractivity contribution in [1.82, 2.24) is 9.97 Å². The van der Waals surface area contributed by atoms with Crippen LogP contribution in [0.2, 0.25) is 0 Å². The van der Waals surface area contributed by atoms with Crippen LogP contribution in [0.15, 0.2) is 42.6 Å². The first-order valence-corrected chi connectivity index (χ1v) is 6.38. The number of aromatic nitrogens is 2. The van der Waals surface area contributed by atoms with Gasteiger partial charge in [-0.1, -0.05) is 13.8 Å². The van der Waals surface area contributed by atoms with Crippen molar-refractivity contribution >= 4 is 11.0 Å². The second kappa shape index (κ2) is 4.50. The molecule has 2 nitrogen and oxygen atoms in total. The zero-order valence-corrected chi connectivity index (χ0v) is 10.9. The van der Waals surface area contributed by atoms with Crippen molar-refractivity contribution in [3.8, 4) is 11.3 Å². The number of fused-ring (bicyclic) bond motifs is 1. The first-order chi connectivity index (χ1) is 9.13. The van der Waals surface area contributed by atoms with Gasteiger partial charge in [0.05, 0.1) is 0 Å². The Hall–Kier alpha value is -2.16. The van der Waals surface area contributed by atoms with Crippen LogP contribution in [-0.4, -0.2) is 9.97 Å². The molecule has 0 amide bonds. The fourth-order valence-corrected chi connectivity index (χ4v) is 2.13. The van der Waals surface area contributed by atoms with Crippen LogP contribution < -0.4 is 0 Å². The quantitative estimate of drug-likeness (QED) is 0.717. The van der Waals surface area contributed by atoms with Crippen molar-refractivity contribution in [3.05, 3.63) is 54.0 Å². The summed E-state index contributed by atoms with van der Waals surface area (Å²) in [5.41, 5.74) is 4.01. The van der Waals surface area contributed by atoms with Crippen molar-refractivity contribution in [2.24, 2.45) is 0 Å². The Morgan fingerprint density at radius 2 is 1.84 bits per heavy atom. The number of rotatable bonds is 2. The van der Waals surface area contributed by atoms with Gasteiger partial charge >= 0.3 is 0 Å². The van der Waals surface area contributed by atoms with E-state index in [2.05, 4.69) is 35.9 Å². The molecule has 3 aromatic rings. The van der Waals surface area contributed by atoms with Crippen molar-refractivity contribution in [3.63, 3.8) is 0 Å². The highest BCUT2D eigenvalue weighted by Gasteiger charge is 2.07. The van der Waals surface area contributed by atoms with E-state index in [9.17, 15) is 4.39 Å². The van der Waals surface area contributed by atoms with Gasteiger partial charge in [0.1, 0.15) is 11.5 Å². The van der Waals surface area contributed by atoms with Gasteiger partial charge in [0.15, 0.2) is 0 Å². The third-order valence-electron chi connectivity index (χ3n) is 3.31. The number of benzene rings is 1. The lowest BCUT2D eigenvalue weighted by molar-refractivity contribution is 0.628. The van der Waals surface area contributed by atoms with Crippen LogP contribution in [0.1, 0.15) is 25.3 Å². The third kappa shape index (κ3) is 2.24. The highest BCUT2D eigenvalue weighted by molar-refractivity contribution is 5.83. The molecule has 0 unspecified atom stereocenters. The molecule has 0 aliphatic carbocycles. The molecule has 0 saturated carbocycles. The van der Waals surface area contributed by atoms with E-state index in [4.69, 9.17) is 0 Å². The fraction of sp³-hybridized carbons (Fsp3) is 0.188. The second-order valence-electron chi connectivity index (χ2n) is 5.05. The number of H-pyrrole nitrogens is 1. The maximum absolute atomic E-state index is 12.9. The van der Waals surface area contributed by atoms with Crippen molar-refractivity contribution in [1.29, 1.82) is 0 Å². The molecule has 3 rings (SSSR count). The molecule has 0 saturated heterocycles. The molecule has 1 aromatic carbocycles. The summed E-state index contributed by atoms with van der Waals surface area (Å²) >= 11 is 0. The summed E-state index contributed by atoms with van der Waals surface area (Å²) in [7, 11) is 0. The van der Waals surface area contributed by atoms with Gasteiger partial charge in [0.25, 0.3) is 0 Å². The number of aromatic amines is 1.